The van der Waals surface area contributed by atoms with E-state index in [2.05, 4.69) is 0 Å². The molecule has 4 nitrogen and oxygen atoms in total. The molecule has 0 aliphatic heterocycles. The first-order valence-corrected chi connectivity index (χ1v) is 5.68. The lowest BCUT2D eigenvalue weighted by Gasteiger charge is -2.26. The maximum absolute atomic E-state index is 9.32. The fourth-order valence-corrected chi connectivity index (χ4v) is 1.99. The van der Waals surface area contributed by atoms with Crippen molar-refractivity contribution in [3.05, 3.63) is 30.5 Å². The number of fused-ring (bicyclic) bond motifs is 1. The van der Waals surface area contributed by atoms with Gasteiger partial charge in [0, 0.05) is 19.0 Å². The van der Waals surface area contributed by atoms with Gasteiger partial charge < -0.3 is 19.5 Å². The van der Waals surface area contributed by atoms with Gasteiger partial charge in [-0.25, -0.2) is 0 Å². The number of furan rings is 1. The third kappa shape index (κ3) is 2.28. The zero-order valence-corrected chi connectivity index (χ0v) is 9.84. The van der Waals surface area contributed by atoms with Crippen molar-refractivity contribution in [1.82, 2.24) is 0 Å². The Morgan fingerprint density at radius 1 is 1.29 bits per heavy atom. The second kappa shape index (κ2) is 5.21. The third-order valence-electron chi connectivity index (χ3n) is 3.06. The smallest absolute Gasteiger partial charge is 0.136 e. The number of benzene rings is 1. The highest BCUT2D eigenvalue weighted by molar-refractivity contribution is 5.90. The molecule has 0 saturated carbocycles. The summed E-state index contributed by atoms with van der Waals surface area (Å²) >= 11 is 0. The molecule has 2 N–H and O–H groups in total. The van der Waals surface area contributed by atoms with Crippen molar-refractivity contribution in [2.75, 3.05) is 25.2 Å². The number of likely N-dealkylation sites (N-methyl/N-ethyl adjacent to an activating group) is 1. The molecule has 17 heavy (non-hydrogen) atoms. The van der Waals surface area contributed by atoms with Crippen LogP contribution in [0.4, 0.5) is 5.69 Å². The summed E-state index contributed by atoms with van der Waals surface area (Å²) in [5, 5.41) is 19.3. The van der Waals surface area contributed by atoms with Crippen LogP contribution >= 0.6 is 0 Å². The predicted octanol–water partition coefficient (Wildman–Crippen LogP) is 1.61. The molecular weight excluding hydrogens is 218 g/mol. The van der Waals surface area contributed by atoms with Crippen LogP contribution in [0.25, 0.3) is 11.0 Å². The Morgan fingerprint density at radius 2 is 2.06 bits per heavy atom. The zero-order valence-electron chi connectivity index (χ0n) is 9.84. The standard InChI is InChI=1S/C13H17NO3/c1-14(10(8-16)6-7-15)12-9-17-13-5-3-2-4-11(12)13/h2-5,9-10,15-16H,6-8H2,1H3. The monoisotopic (exact) mass is 235 g/mol. The van der Waals surface area contributed by atoms with Gasteiger partial charge in [-0.05, 0) is 18.6 Å². The van der Waals surface area contributed by atoms with Crippen LogP contribution in [0.5, 0.6) is 0 Å². The van der Waals surface area contributed by atoms with Crippen molar-refractivity contribution in [3.63, 3.8) is 0 Å². The van der Waals surface area contributed by atoms with Gasteiger partial charge in [0.25, 0.3) is 0 Å². The summed E-state index contributed by atoms with van der Waals surface area (Å²) in [5.41, 5.74) is 1.77. The number of hydrogen-bond acceptors (Lipinski definition) is 4. The summed E-state index contributed by atoms with van der Waals surface area (Å²) in [5.74, 6) is 0. The molecule has 0 aliphatic rings. The second-order valence-corrected chi connectivity index (χ2v) is 4.08. The average Bonchev–Trinajstić information content (AvgIpc) is 2.79. The largest absolute Gasteiger partial charge is 0.462 e. The number of anilines is 1. The summed E-state index contributed by atoms with van der Waals surface area (Å²) in [7, 11) is 1.90. The maximum atomic E-state index is 9.32. The van der Waals surface area contributed by atoms with E-state index < -0.39 is 0 Å². The molecule has 2 aromatic rings. The van der Waals surface area contributed by atoms with Crippen LogP contribution in [0.15, 0.2) is 34.9 Å². The molecule has 0 bridgehead atoms. The Kier molecular flexibility index (Phi) is 3.66. The summed E-state index contributed by atoms with van der Waals surface area (Å²) < 4.78 is 5.46. The fraction of sp³-hybridized carbons (Fsp3) is 0.385. The van der Waals surface area contributed by atoms with Gasteiger partial charge in [-0.15, -0.1) is 0 Å². The highest BCUT2D eigenvalue weighted by Crippen LogP contribution is 2.29. The SMILES string of the molecule is CN(c1coc2ccccc12)C(CO)CCO. The van der Waals surface area contributed by atoms with E-state index in [1.54, 1.807) is 6.26 Å². The Hall–Kier alpha value is -1.52. The molecule has 0 amide bonds. The first kappa shape index (κ1) is 12.0. The quantitative estimate of drug-likeness (QED) is 0.826. The van der Waals surface area contributed by atoms with Gasteiger partial charge in [0.1, 0.15) is 11.8 Å². The molecule has 0 saturated heterocycles. The first-order chi connectivity index (χ1) is 8.27. The van der Waals surface area contributed by atoms with Crippen LogP contribution in [0.2, 0.25) is 0 Å². The number of para-hydroxylation sites is 1. The Balaban J connectivity index is 2.32. The van der Waals surface area contributed by atoms with E-state index in [0.717, 1.165) is 16.7 Å². The van der Waals surface area contributed by atoms with E-state index in [-0.39, 0.29) is 19.3 Å². The molecule has 2 rings (SSSR count). The van der Waals surface area contributed by atoms with Gasteiger partial charge in [-0.3, -0.25) is 0 Å². The summed E-state index contributed by atoms with van der Waals surface area (Å²) in [6, 6.07) is 7.67. The number of hydrogen-bond donors (Lipinski definition) is 2. The van der Waals surface area contributed by atoms with Crippen LogP contribution < -0.4 is 4.90 Å². The van der Waals surface area contributed by atoms with Crippen LogP contribution in [0.1, 0.15) is 6.42 Å². The number of aliphatic hydroxyl groups excluding tert-OH is 2. The lowest BCUT2D eigenvalue weighted by Crippen LogP contribution is -2.35. The van der Waals surface area contributed by atoms with Gasteiger partial charge in [-0.2, -0.15) is 0 Å². The van der Waals surface area contributed by atoms with Gasteiger partial charge >= 0.3 is 0 Å². The van der Waals surface area contributed by atoms with Crippen molar-refractivity contribution in [3.8, 4) is 0 Å². The summed E-state index contributed by atoms with van der Waals surface area (Å²) in [4.78, 5) is 1.95. The molecule has 1 atom stereocenters. The van der Waals surface area contributed by atoms with E-state index in [1.165, 1.54) is 0 Å². The molecule has 1 heterocycles. The number of rotatable bonds is 5. The minimum absolute atomic E-state index is 0.0105. The van der Waals surface area contributed by atoms with Crippen molar-refractivity contribution in [1.29, 1.82) is 0 Å². The van der Waals surface area contributed by atoms with Gasteiger partial charge in [-0.1, -0.05) is 12.1 Å². The fourth-order valence-electron chi connectivity index (χ4n) is 1.99. The molecule has 0 aliphatic carbocycles. The zero-order chi connectivity index (χ0) is 12.3. The lowest BCUT2D eigenvalue weighted by atomic mass is 10.1. The first-order valence-electron chi connectivity index (χ1n) is 5.68. The van der Waals surface area contributed by atoms with Crippen molar-refractivity contribution in [2.24, 2.45) is 0 Å². The maximum Gasteiger partial charge on any atom is 0.136 e. The molecule has 1 aromatic carbocycles. The molecular formula is C13H17NO3. The number of nitrogens with zero attached hydrogens (tertiary/aromatic N) is 1. The second-order valence-electron chi connectivity index (χ2n) is 4.08. The average molecular weight is 235 g/mol. The Labute approximate surface area is 100 Å². The third-order valence-corrected chi connectivity index (χ3v) is 3.06. The molecule has 0 spiro atoms. The van der Waals surface area contributed by atoms with E-state index in [1.807, 2.05) is 36.2 Å². The molecule has 4 heteroatoms. The van der Waals surface area contributed by atoms with Gasteiger partial charge in [0.15, 0.2) is 0 Å². The van der Waals surface area contributed by atoms with Crippen molar-refractivity contribution in [2.45, 2.75) is 12.5 Å². The van der Waals surface area contributed by atoms with E-state index in [0.29, 0.717) is 6.42 Å². The van der Waals surface area contributed by atoms with Crippen LogP contribution in [0.3, 0.4) is 0 Å². The normalized spacial score (nSPS) is 12.9. The predicted molar refractivity (Wildman–Crippen MR) is 67.2 cm³/mol. The molecule has 1 unspecified atom stereocenters. The van der Waals surface area contributed by atoms with Gasteiger partial charge in [0.2, 0.25) is 0 Å². The van der Waals surface area contributed by atoms with Crippen LogP contribution in [0, 0.1) is 0 Å². The number of aliphatic hydroxyl groups is 2. The van der Waals surface area contributed by atoms with Gasteiger partial charge in [0.05, 0.1) is 18.3 Å². The summed E-state index contributed by atoms with van der Waals surface area (Å²) in [6.07, 6.45) is 2.22. The highest BCUT2D eigenvalue weighted by Gasteiger charge is 2.17. The van der Waals surface area contributed by atoms with Crippen LogP contribution in [-0.2, 0) is 0 Å². The van der Waals surface area contributed by atoms with E-state index in [9.17, 15) is 5.11 Å². The van der Waals surface area contributed by atoms with Crippen molar-refractivity contribution < 1.29 is 14.6 Å². The topological polar surface area (TPSA) is 56.8 Å². The molecule has 0 radical (unpaired) electrons. The minimum Gasteiger partial charge on any atom is -0.462 e. The van der Waals surface area contributed by atoms with Crippen molar-refractivity contribution >= 4 is 16.7 Å². The summed E-state index contributed by atoms with van der Waals surface area (Å²) in [6.45, 7) is 0.0713. The minimum atomic E-state index is -0.0963. The lowest BCUT2D eigenvalue weighted by molar-refractivity contribution is 0.218. The molecule has 92 valence electrons. The van der Waals surface area contributed by atoms with E-state index in [4.69, 9.17) is 9.52 Å². The van der Waals surface area contributed by atoms with E-state index >= 15 is 0 Å². The van der Waals surface area contributed by atoms with Crippen LogP contribution in [-0.4, -0.2) is 36.5 Å². The molecule has 1 aromatic heterocycles. The highest BCUT2D eigenvalue weighted by atomic mass is 16.3. The Morgan fingerprint density at radius 3 is 2.76 bits per heavy atom. The molecule has 0 fully saturated rings. The Bertz CT molecular complexity index is 480.